The van der Waals surface area contributed by atoms with E-state index < -0.39 is 0 Å². The van der Waals surface area contributed by atoms with E-state index in [4.69, 9.17) is 10.3 Å². The van der Waals surface area contributed by atoms with Crippen molar-refractivity contribution in [2.45, 2.75) is 13.8 Å². The number of hydrogen-bond acceptors (Lipinski definition) is 7. The number of anilines is 1. The highest BCUT2D eigenvalue weighted by Gasteiger charge is 2.16. The molecule has 0 saturated carbocycles. The highest BCUT2D eigenvalue weighted by atomic mass is 32.1. The van der Waals surface area contributed by atoms with E-state index in [0.29, 0.717) is 5.82 Å². The Hall–Kier alpha value is -2.80. The molecule has 3 aromatic heterocycles. The van der Waals surface area contributed by atoms with Gasteiger partial charge in [-0.15, -0.1) is 11.3 Å². The molecule has 23 heavy (non-hydrogen) atoms. The molecule has 0 aliphatic heterocycles. The Labute approximate surface area is 136 Å². The second-order valence-corrected chi connectivity index (χ2v) is 6.36. The maximum atomic E-state index is 5.90. The van der Waals surface area contributed by atoms with Crippen LogP contribution in [0.4, 0.5) is 5.95 Å². The number of nitrogen functional groups attached to an aromatic ring is 1. The fourth-order valence-corrected chi connectivity index (χ4v) is 3.58. The molecular weight excluding hydrogens is 310 g/mol. The third-order valence-electron chi connectivity index (χ3n) is 3.63. The Morgan fingerprint density at radius 2 is 2.00 bits per heavy atom. The summed E-state index contributed by atoms with van der Waals surface area (Å²) in [4.78, 5) is 14.6. The maximum absolute atomic E-state index is 5.90. The van der Waals surface area contributed by atoms with Crippen LogP contribution in [-0.4, -0.2) is 20.1 Å². The third-order valence-corrected chi connectivity index (χ3v) is 4.65. The molecule has 0 spiro atoms. The summed E-state index contributed by atoms with van der Waals surface area (Å²) >= 11 is 1.47. The highest BCUT2D eigenvalue weighted by molar-refractivity contribution is 7.21. The zero-order valence-corrected chi connectivity index (χ0v) is 13.4. The number of thiophene rings is 1. The van der Waals surface area contributed by atoms with Crippen molar-refractivity contribution < 1.29 is 4.52 Å². The number of aryl methyl sites for hydroxylation is 2. The predicted molar refractivity (Wildman–Crippen MR) is 90.0 cm³/mol. The molecule has 0 amide bonds. The SMILES string of the molecule is Cc1ccc(-c2nc(N)nc3sc(-c4ncon4)cc23)c(C)c1. The average molecular weight is 323 g/mol. The standard InChI is InChI=1S/C16H13N5OS/c1-8-3-4-10(9(2)5-8)13-11-6-12(14-18-7-22-21-14)23-15(11)20-16(17)19-13/h3-7H,1-2H3,(H2,17,19,20). The highest BCUT2D eigenvalue weighted by Crippen LogP contribution is 2.37. The van der Waals surface area contributed by atoms with Gasteiger partial charge in [0.05, 0.1) is 10.6 Å². The summed E-state index contributed by atoms with van der Waals surface area (Å²) < 4.78 is 4.82. The molecule has 0 radical (unpaired) electrons. The number of nitrogens with zero attached hydrogens (tertiary/aromatic N) is 4. The van der Waals surface area contributed by atoms with Gasteiger partial charge in [0.15, 0.2) is 0 Å². The van der Waals surface area contributed by atoms with Crippen LogP contribution in [0.3, 0.4) is 0 Å². The number of hydrogen-bond donors (Lipinski definition) is 1. The second-order valence-electron chi connectivity index (χ2n) is 5.33. The fourth-order valence-electron chi connectivity index (χ4n) is 2.61. The lowest BCUT2D eigenvalue weighted by Gasteiger charge is -2.08. The van der Waals surface area contributed by atoms with Crippen LogP contribution in [0, 0.1) is 13.8 Å². The van der Waals surface area contributed by atoms with Gasteiger partial charge in [0.2, 0.25) is 18.2 Å². The number of nitrogens with two attached hydrogens (primary N) is 1. The summed E-state index contributed by atoms with van der Waals surface area (Å²) in [5.74, 6) is 0.798. The van der Waals surface area contributed by atoms with Crippen LogP contribution in [0.1, 0.15) is 11.1 Å². The first-order valence-corrected chi connectivity index (χ1v) is 7.85. The summed E-state index contributed by atoms with van der Waals surface area (Å²) in [5, 5.41) is 4.82. The average Bonchev–Trinajstić information content (AvgIpc) is 3.15. The van der Waals surface area contributed by atoms with E-state index in [2.05, 4.69) is 52.2 Å². The molecule has 0 bridgehead atoms. The van der Waals surface area contributed by atoms with E-state index in [1.807, 2.05) is 6.07 Å². The molecule has 2 N–H and O–H groups in total. The second kappa shape index (κ2) is 5.13. The van der Waals surface area contributed by atoms with Crippen LogP contribution in [-0.2, 0) is 0 Å². The van der Waals surface area contributed by atoms with Crippen LogP contribution >= 0.6 is 11.3 Å². The van der Waals surface area contributed by atoms with Gasteiger partial charge in [-0.1, -0.05) is 28.9 Å². The van der Waals surface area contributed by atoms with Gasteiger partial charge in [0, 0.05) is 10.9 Å². The quantitative estimate of drug-likeness (QED) is 0.606. The first-order chi connectivity index (χ1) is 11.1. The lowest BCUT2D eigenvalue weighted by atomic mass is 10.0. The van der Waals surface area contributed by atoms with Crippen molar-refractivity contribution >= 4 is 27.5 Å². The normalized spacial score (nSPS) is 11.2. The molecule has 0 aliphatic rings. The van der Waals surface area contributed by atoms with Crippen molar-refractivity contribution in [3.05, 3.63) is 41.8 Å². The minimum atomic E-state index is 0.258. The third kappa shape index (κ3) is 2.35. The van der Waals surface area contributed by atoms with Crippen molar-refractivity contribution in [1.82, 2.24) is 20.1 Å². The smallest absolute Gasteiger partial charge is 0.221 e. The predicted octanol–water partition coefficient (Wildman–Crippen LogP) is 3.61. The molecule has 4 aromatic rings. The molecule has 0 saturated heterocycles. The van der Waals surface area contributed by atoms with Crippen LogP contribution in [0.2, 0.25) is 0 Å². The van der Waals surface area contributed by atoms with Crippen LogP contribution in [0.25, 0.3) is 32.2 Å². The van der Waals surface area contributed by atoms with E-state index in [9.17, 15) is 0 Å². The van der Waals surface area contributed by atoms with Crippen molar-refractivity contribution in [2.24, 2.45) is 0 Å². The molecule has 0 atom stereocenters. The van der Waals surface area contributed by atoms with Crippen LogP contribution in [0.5, 0.6) is 0 Å². The molecule has 0 fully saturated rings. The van der Waals surface area contributed by atoms with E-state index >= 15 is 0 Å². The summed E-state index contributed by atoms with van der Waals surface area (Å²) in [6.07, 6.45) is 1.31. The van der Waals surface area contributed by atoms with Gasteiger partial charge in [-0.3, -0.25) is 0 Å². The van der Waals surface area contributed by atoms with E-state index in [0.717, 1.165) is 31.9 Å². The van der Waals surface area contributed by atoms with Gasteiger partial charge in [-0.2, -0.15) is 4.98 Å². The zero-order valence-electron chi connectivity index (χ0n) is 12.6. The van der Waals surface area contributed by atoms with Gasteiger partial charge >= 0.3 is 0 Å². The minimum absolute atomic E-state index is 0.258. The maximum Gasteiger partial charge on any atom is 0.221 e. The molecule has 4 rings (SSSR count). The number of rotatable bonds is 2. The number of benzene rings is 1. The summed E-state index contributed by atoms with van der Waals surface area (Å²) in [5.41, 5.74) is 10.1. The summed E-state index contributed by atoms with van der Waals surface area (Å²) in [6, 6.07) is 8.25. The monoisotopic (exact) mass is 323 g/mol. The van der Waals surface area contributed by atoms with E-state index in [1.54, 1.807) is 0 Å². The lowest BCUT2D eigenvalue weighted by molar-refractivity contribution is 0.419. The summed E-state index contributed by atoms with van der Waals surface area (Å²) in [7, 11) is 0. The van der Waals surface area contributed by atoms with Crippen molar-refractivity contribution in [1.29, 1.82) is 0 Å². The van der Waals surface area contributed by atoms with Crippen LogP contribution in [0.15, 0.2) is 35.2 Å². The first-order valence-electron chi connectivity index (χ1n) is 7.03. The number of aromatic nitrogens is 4. The molecule has 1 aromatic carbocycles. The van der Waals surface area contributed by atoms with E-state index in [1.165, 1.54) is 23.3 Å². The van der Waals surface area contributed by atoms with Crippen LogP contribution < -0.4 is 5.73 Å². The Morgan fingerprint density at radius 1 is 1.13 bits per heavy atom. The minimum Gasteiger partial charge on any atom is -0.368 e. The Balaban J connectivity index is 1.99. The van der Waals surface area contributed by atoms with Gasteiger partial charge < -0.3 is 10.3 Å². The summed E-state index contributed by atoms with van der Waals surface area (Å²) in [6.45, 7) is 4.14. The molecule has 0 unspecified atom stereocenters. The molecule has 7 heteroatoms. The van der Waals surface area contributed by atoms with Crippen molar-refractivity contribution in [3.8, 4) is 22.0 Å². The Morgan fingerprint density at radius 3 is 2.74 bits per heavy atom. The van der Waals surface area contributed by atoms with Gasteiger partial charge in [0.1, 0.15) is 4.83 Å². The molecule has 6 nitrogen and oxygen atoms in total. The van der Waals surface area contributed by atoms with Gasteiger partial charge in [-0.25, -0.2) is 9.97 Å². The zero-order chi connectivity index (χ0) is 16.0. The van der Waals surface area contributed by atoms with Crippen molar-refractivity contribution in [3.63, 3.8) is 0 Å². The number of fused-ring (bicyclic) bond motifs is 1. The van der Waals surface area contributed by atoms with Crippen molar-refractivity contribution in [2.75, 3.05) is 5.73 Å². The molecule has 3 heterocycles. The molecular formula is C16H13N5OS. The topological polar surface area (TPSA) is 90.7 Å². The largest absolute Gasteiger partial charge is 0.368 e. The Bertz CT molecular complexity index is 1010. The molecule has 0 aliphatic carbocycles. The molecule has 114 valence electrons. The van der Waals surface area contributed by atoms with E-state index in [-0.39, 0.29) is 5.95 Å². The van der Waals surface area contributed by atoms with Gasteiger partial charge in [0.25, 0.3) is 0 Å². The Kier molecular flexibility index (Phi) is 3.09. The van der Waals surface area contributed by atoms with Gasteiger partial charge in [-0.05, 0) is 25.5 Å². The fraction of sp³-hybridized carbons (Fsp3) is 0.125. The lowest BCUT2D eigenvalue weighted by Crippen LogP contribution is -1.97. The first kappa shape index (κ1) is 13.8.